The summed E-state index contributed by atoms with van der Waals surface area (Å²) in [6.07, 6.45) is 9.48. The fourth-order valence-corrected chi connectivity index (χ4v) is 0.886. The minimum Gasteiger partial charge on any atom is -0.334 e. The number of aryl methyl sites for hydroxylation is 1. The molecule has 0 spiro atoms. The van der Waals surface area contributed by atoms with Crippen molar-refractivity contribution in [3.63, 3.8) is 0 Å². The van der Waals surface area contributed by atoms with Crippen molar-refractivity contribution in [1.29, 1.82) is 0 Å². The van der Waals surface area contributed by atoms with Crippen LogP contribution in [0.5, 0.6) is 0 Å². The predicted molar refractivity (Wildman–Crippen MR) is 40.4 cm³/mol. The van der Waals surface area contributed by atoms with Crippen molar-refractivity contribution in [1.82, 2.24) is 9.55 Å². The highest BCUT2D eigenvalue weighted by Gasteiger charge is 1.95. The third kappa shape index (κ3) is 1.19. The molecule has 1 heterocycles. The van der Waals surface area contributed by atoms with Crippen LogP contribution in [0.2, 0.25) is 0 Å². The Kier molecular flexibility index (Phi) is 2.11. The van der Waals surface area contributed by atoms with Crippen LogP contribution in [-0.4, -0.2) is 9.55 Å². The Morgan fingerprint density at radius 1 is 1.80 bits per heavy atom. The number of aromatic nitrogens is 2. The van der Waals surface area contributed by atoms with Crippen molar-refractivity contribution in [2.24, 2.45) is 0 Å². The first-order valence-electron chi connectivity index (χ1n) is 3.32. The zero-order valence-electron chi connectivity index (χ0n) is 6.04. The molecule has 0 bridgehead atoms. The van der Waals surface area contributed by atoms with E-state index in [4.69, 9.17) is 6.42 Å². The number of rotatable bonds is 2. The molecule has 0 aliphatic rings. The molecule has 2 heteroatoms. The van der Waals surface area contributed by atoms with Crippen LogP contribution in [-0.2, 0) is 13.0 Å². The smallest absolute Gasteiger partial charge is 0.120 e. The van der Waals surface area contributed by atoms with Crippen molar-refractivity contribution in [3.05, 3.63) is 18.2 Å². The van der Waals surface area contributed by atoms with E-state index in [0.29, 0.717) is 6.42 Å². The Morgan fingerprint density at radius 2 is 2.60 bits per heavy atom. The summed E-state index contributed by atoms with van der Waals surface area (Å²) in [7, 11) is 0. The molecule has 0 aliphatic heterocycles. The number of hydrogen-bond donors (Lipinski definition) is 0. The van der Waals surface area contributed by atoms with Crippen LogP contribution >= 0.6 is 0 Å². The summed E-state index contributed by atoms with van der Waals surface area (Å²) in [5.41, 5.74) is 0. The lowest BCUT2D eigenvalue weighted by molar-refractivity contribution is 0.719. The zero-order chi connectivity index (χ0) is 7.40. The van der Waals surface area contributed by atoms with Gasteiger partial charge in [-0.1, -0.05) is 5.92 Å². The number of imidazole rings is 1. The van der Waals surface area contributed by atoms with Gasteiger partial charge < -0.3 is 4.57 Å². The molecule has 1 aromatic heterocycles. The highest BCUT2D eigenvalue weighted by Crippen LogP contribution is 1.96. The van der Waals surface area contributed by atoms with E-state index in [1.54, 1.807) is 6.20 Å². The average Bonchev–Trinajstić information content (AvgIpc) is 2.36. The topological polar surface area (TPSA) is 17.8 Å². The molecule has 0 N–H and O–H groups in total. The Morgan fingerprint density at radius 3 is 3.20 bits per heavy atom. The van der Waals surface area contributed by atoms with E-state index in [2.05, 4.69) is 17.8 Å². The van der Waals surface area contributed by atoms with Crippen molar-refractivity contribution < 1.29 is 0 Å². The molecule has 1 aromatic rings. The molecule has 0 saturated carbocycles. The highest BCUT2D eigenvalue weighted by atomic mass is 15.0. The summed E-state index contributed by atoms with van der Waals surface area (Å²) in [6.45, 7) is 3.01. The van der Waals surface area contributed by atoms with Gasteiger partial charge in [-0.25, -0.2) is 4.98 Å². The van der Waals surface area contributed by atoms with Gasteiger partial charge in [0, 0.05) is 18.9 Å². The lowest BCUT2D eigenvalue weighted by Crippen LogP contribution is -1.98. The second-order valence-corrected chi connectivity index (χ2v) is 2.01. The van der Waals surface area contributed by atoms with Gasteiger partial charge in [0.15, 0.2) is 0 Å². The quantitative estimate of drug-likeness (QED) is 0.553. The SMILES string of the molecule is C#CCc1nccn1CC. The van der Waals surface area contributed by atoms with Gasteiger partial charge in [0.2, 0.25) is 0 Å². The minimum atomic E-state index is 0.626. The summed E-state index contributed by atoms with van der Waals surface area (Å²) in [5, 5.41) is 0. The number of terminal acetylenes is 1. The molecule has 2 nitrogen and oxygen atoms in total. The van der Waals surface area contributed by atoms with Crippen LogP contribution in [0.25, 0.3) is 0 Å². The van der Waals surface area contributed by atoms with Gasteiger partial charge >= 0.3 is 0 Å². The van der Waals surface area contributed by atoms with Gasteiger partial charge in [-0.15, -0.1) is 6.42 Å². The molecular weight excluding hydrogens is 124 g/mol. The van der Waals surface area contributed by atoms with E-state index in [1.165, 1.54) is 0 Å². The van der Waals surface area contributed by atoms with Crippen LogP contribution in [0.15, 0.2) is 12.4 Å². The van der Waals surface area contributed by atoms with Crippen molar-refractivity contribution in [3.8, 4) is 12.3 Å². The van der Waals surface area contributed by atoms with Gasteiger partial charge in [-0.05, 0) is 6.92 Å². The molecule has 10 heavy (non-hydrogen) atoms. The molecule has 0 atom stereocenters. The molecule has 0 aliphatic carbocycles. The summed E-state index contributed by atoms with van der Waals surface area (Å²) in [6, 6.07) is 0. The standard InChI is InChI=1S/C8H10N2/c1-3-5-8-9-6-7-10(8)4-2/h1,6-7H,4-5H2,2H3. The van der Waals surface area contributed by atoms with E-state index in [9.17, 15) is 0 Å². The third-order valence-electron chi connectivity index (χ3n) is 1.40. The summed E-state index contributed by atoms with van der Waals surface area (Å²) >= 11 is 0. The highest BCUT2D eigenvalue weighted by molar-refractivity contribution is 5.02. The second kappa shape index (κ2) is 3.07. The Balaban J connectivity index is 2.82. The molecule has 0 unspecified atom stereocenters. The van der Waals surface area contributed by atoms with Crippen LogP contribution in [0.1, 0.15) is 12.7 Å². The van der Waals surface area contributed by atoms with Gasteiger partial charge in [0.25, 0.3) is 0 Å². The van der Waals surface area contributed by atoms with Crippen LogP contribution in [0.4, 0.5) is 0 Å². The van der Waals surface area contributed by atoms with E-state index >= 15 is 0 Å². The summed E-state index contributed by atoms with van der Waals surface area (Å²) < 4.78 is 2.04. The lowest BCUT2D eigenvalue weighted by atomic mass is 10.4. The van der Waals surface area contributed by atoms with E-state index in [-0.39, 0.29) is 0 Å². The molecule has 1 rings (SSSR count). The maximum atomic E-state index is 5.14. The monoisotopic (exact) mass is 134 g/mol. The summed E-state index contributed by atoms with van der Waals surface area (Å²) in [5.74, 6) is 3.54. The van der Waals surface area contributed by atoms with Crippen LogP contribution in [0, 0.1) is 12.3 Å². The van der Waals surface area contributed by atoms with E-state index in [1.807, 2.05) is 10.8 Å². The molecule has 0 amide bonds. The van der Waals surface area contributed by atoms with E-state index in [0.717, 1.165) is 12.4 Å². The first kappa shape index (κ1) is 6.88. The average molecular weight is 134 g/mol. The van der Waals surface area contributed by atoms with Gasteiger partial charge in [0.1, 0.15) is 5.82 Å². The Labute approximate surface area is 60.9 Å². The number of nitrogens with zero attached hydrogens (tertiary/aromatic N) is 2. The van der Waals surface area contributed by atoms with Crippen molar-refractivity contribution in [2.75, 3.05) is 0 Å². The second-order valence-electron chi connectivity index (χ2n) is 2.01. The molecule has 52 valence electrons. The van der Waals surface area contributed by atoms with Gasteiger partial charge in [-0.3, -0.25) is 0 Å². The van der Waals surface area contributed by atoms with Crippen molar-refractivity contribution >= 4 is 0 Å². The van der Waals surface area contributed by atoms with Gasteiger partial charge in [-0.2, -0.15) is 0 Å². The zero-order valence-corrected chi connectivity index (χ0v) is 6.04. The Bertz CT molecular complexity index is 242. The van der Waals surface area contributed by atoms with E-state index < -0.39 is 0 Å². The first-order valence-corrected chi connectivity index (χ1v) is 3.32. The minimum absolute atomic E-state index is 0.626. The van der Waals surface area contributed by atoms with Crippen LogP contribution in [0.3, 0.4) is 0 Å². The van der Waals surface area contributed by atoms with Crippen molar-refractivity contribution in [2.45, 2.75) is 19.9 Å². The van der Waals surface area contributed by atoms with Crippen LogP contribution < -0.4 is 0 Å². The number of hydrogen-bond acceptors (Lipinski definition) is 1. The van der Waals surface area contributed by atoms with Gasteiger partial charge in [0.05, 0.1) is 6.42 Å². The molecule has 0 aromatic carbocycles. The Hall–Kier alpha value is -1.23. The molecule has 0 saturated heterocycles. The normalized spacial score (nSPS) is 9.20. The molecular formula is C8H10N2. The molecule has 0 fully saturated rings. The summed E-state index contributed by atoms with van der Waals surface area (Å²) in [4.78, 5) is 4.10. The first-order chi connectivity index (χ1) is 4.88. The third-order valence-corrected chi connectivity index (χ3v) is 1.40. The fourth-order valence-electron chi connectivity index (χ4n) is 0.886. The largest absolute Gasteiger partial charge is 0.334 e. The maximum Gasteiger partial charge on any atom is 0.120 e. The fraction of sp³-hybridized carbons (Fsp3) is 0.375. The lowest BCUT2D eigenvalue weighted by Gasteiger charge is -1.98. The molecule has 0 radical (unpaired) electrons. The predicted octanol–water partition coefficient (Wildman–Crippen LogP) is 1.08. The maximum absolute atomic E-state index is 5.14.